The van der Waals surface area contributed by atoms with Gasteiger partial charge >= 0.3 is 5.97 Å². The minimum atomic E-state index is -0.135. The normalized spacial score (nSPS) is 13.9. The molecule has 0 saturated heterocycles. The van der Waals surface area contributed by atoms with Crippen LogP contribution in [0.2, 0.25) is 0 Å². The van der Waals surface area contributed by atoms with E-state index in [1.165, 1.54) is 11.1 Å². The summed E-state index contributed by atoms with van der Waals surface area (Å²) in [6.45, 7) is 9.73. The van der Waals surface area contributed by atoms with E-state index in [0.717, 1.165) is 68.6 Å². The van der Waals surface area contributed by atoms with Crippen LogP contribution in [0.25, 0.3) is 0 Å². The van der Waals surface area contributed by atoms with Gasteiger partial charge in [0.25, 0.3) is 0 Å². The minimum absolute atomic E-state index is 0.135. The smallest absolute Gasteiger partial charge is 0.305 e. The number of esters is 1. The molecule has 0 spiro atoms. The van der Waals surface area contributed by atoms with E-state index in [2.05, 4.69) is 54.7 Å². The molecule has 0 bridgehead atoms. The molecule has 5 nitrogen and oxygen atoms in total. The number of ether oxygens (including phenoxy) is 2. The second kappa shape index (κ2) is 11.8. The highest BCUT2D eigenvalue weighted by Crippen LogP contribution is 2.44. The van der Waals surface area contributed by atoms with Gasteiger partial charge in [-0.2, -0.15) is 0 Å². The minimum Gasteiger partial charge on any atom is -0.493 e. The molecule has 33 heavy (non-hydrogen) atoms. The summed E-state index contributed by atoms with van der Waals surface area (Å²) >= 11 is 0. The number of benzene rings is 1. The number of fused-ring (bicyclic) bond motifs is 1. The summed E-state index contributed by atoms with van der Waals surface area (Å²) in [5, 5.41) is 0. The predicted molar refractivity (Wildman–Crippen MR) is 130 cm³/mol. The van der Waals surface area contributed by atoms with Crippen LogP contribution in [0.3, 0.4) is 0 Å². The molecule has 0 N–H and O–H groups in total. The number of carbonyl (C=O) groups excluding carboxylic acids is 1. The lowest BCUT2D eigenvalue weighted by Gasteiger charge is -2.38. The van der Waals surface area contributed by atoms with E-state index in [1.54, 1.807) is 12.4 Å². The molecule has 3 rings (SSSR count). The maximum atomic E-state index is 11.4. The second-order valence-corrected chi connectivity index (χ2v) is 8.60. The van der Waals surface area contributed by atoms with Crippen molar-refractivity contribution in [3.63, 3.8) is 0 Å². The van der Waals surface area contributed by atoms with E-state index in [1.807, 2.05) is 6.92 Å². The molecule has 1 aromatic heterocycles. The first-order valence-corrected chi connectivity index (χ1v) is 12.3. The Balaban J connectivity index is 1.71. The highest BCUT2D eigenvalue weighted by molar-refractivity contribution is 5.69. The average Bonchev–Trinajstić information content (AvgIpc) is 2.85. The number of aryl methyl sites for hydroxylation is 2. The Kier molecular flexibility index (Phi) is 8.88. The topological polar surface area (TPSA) is 61.3 Å². The van der Waals surface area contributed by atoms with Crippen LogP contribution in [0.5, 0.6) is 5.75 Å². The van der Waals surface area contributed by atoms with Gasteiger partial charge in [0, 0.05) is 29.2 Å². The van der Waals surface area contributed by atoms with Crippen molar-refractivity contribution in [3.05, 3.63) is 52.6 Å². The zero-order chi connectivity index (χ0) is 23.7. The van der Waals surface area contributed by atoms with Crippen molar-refractivity contribution in [2.45, 2.75) is 84.5 Å². The van der Waals surface area contributed by atoms with E-state index in [4.69, 9.17) is 9.47 Å². The lowest BCUT2D eigenvalue weighted by molar-refractivity contribution is -0.143. The molecule has 0 atom stereocenters. The summed E-state index contributed by atoms with van der Waals surface area (Å²) in [7, 11) is 0. The van der Waals surface area contributed by atoms with Crippen LogP contribution in [0, 0.1) is 11.8 Å². The molecular formula is C28H36N2O3. The molecule has 0 radical (unpaired) electrons. The first-order chi connectivity index (χ1) is 16.0. The van der Waals surface area contributed by atoms with Crippen LogP contribution in [-0.2, 0) is 27.8 Å². The number of aromatic nitrogens is 2. The molecule has 1 aromatic carbocycles. The Hall–Kier alpha value is -2.87. The first-order valence-electron chi connectivity index (χ1n) is 12.3. The van der Waals surface area contributed by atoms with Gasteiger partial charge < -0.3 is 9.47 Å². The number of hydrogen-bond donors (Lipinski definition) is 0. The van der Waals surface area contributed by atoms with Crippen molar-refractivity contribution in [2.24, 2.45) is 0 Å². The summed E-state index contributed by atoms with van der Waals surface area (Å²) < 4.78 is 11.0. The standard InChI is InChI=1S/C28H36N2O3/c1-5-21-18-26-25(28(6-2,7-3)15-16-33-26)17-22(21)13-14-24-20-29-23(19-30-24)11-9-10-12-27(31)32-8-4/h17-20H,5-12,15-16H2,1-4H3. The van der Waals surface area contributed by atoms with E-state index >= 15 is 0 Å². The molecule has 0 fully saturated rings. The molecule has 2 aromatic rings. The van der Waals surface area contributed by atoms with Gasteiger partial charge in [-0.3, -0.25) is 9.78 Å². The fourth-order valence-corrected chi connectivity index (χ4v) is 4.53. The Labute approximate surface area is 198 Å². The maximum Gasteiger partial charge on any atom is 0.305 e. The molecule has 1 aliphatic heterocycles. The maximum absolute atomic E-state index is 11.4. The first kappa shape index (κ1) is 24.8. The van der Waals surface area contributed by atoms with Gasteiger partial charge in [0.1, 0.15) is 11.4 Å². The van der Waals surface area contributed by atoms with E-state index in [-0.39, 0.29) is 11.4 Å². The highest BCUT2D eigenvalue weighted by Gasteiger charge is 2.35. The zero-order valence-electron chi connectivity index (χ0n) is 20.5. The summed E-state index contributed by atoms with van der Waals surface area (Å²) in [6, 6.07) is 4.43. The Morgan fingerprint density at radius 3 is 2.58 bits per heavy atom. The molecule has 1 aliphatic rings. The Morgan fingerprint density at radius 2 is 1.91 bits per heavy atom. The summed E-state index contributed by atoms with van der Waals surface area (Å²) in [4.78, 5) is 20.4. The van der Waals surface area contributed by atoms with Crippen molar-refractivity contribution in [1.29, 1.82) is 0 Å². The van der Waals surface area contributed by atoms with Gasteiger partial charge in [0.05, 0.1) is 25.1 Å². The Bertz CT molecular complexity index is 998. The van der Waals surface area contributed by atoms with Crippen LogP contribution < -0.4 is 4.74 Å². The largest absolute Gasteiger partial charge is 0.493 e. The highest BCUT2D eigenvalue weighted by atomic mass is 16.5. The second-order valence-electron chi connectivity index (χ2n) is 8.60. The van der Waals surface area contributed by atoms with Gasteiger partial charge in [-0.1, -0.05) is 26.7 Å². The van der Waals surface area contributed by atoms with Crippen LogP contribution in [-0.4, -0.2) is 29.2 Å². The van der Waals surface area contributed by atoms with Gasteiger partial charge in [0.2, 0.25) is 0 Å². The van der Waals surface area contributed by atoms with Gasteiger partial charge in [-0.25, -0.2) is 4.98 Å². The molecule has 5 heteroatoms. The van der Waals surface area contributed by atoms with E-state index < -0.39 is 0 Å². The number of rotatable bonds is 9. The van der Waals surface area contributed by atoms with Gasteiger partial charge in [0.15, 0.2) is 0 Å². The number of nitrogens with zero attached hydrogens (tertiary/aromatic N) is 2. The third-order valence-corrected chi connectivity index (χ3v) is 6.75. The summed E-state index contributed by atoms with van der Waals surface area (Å²) in [5.74, 6) is 7.45. The lowest BCUT2D eigenvalue weighted by Crippen LogP contribution is -2.32. The number of unbranched alkanes of at least 4 members (excludes halogenated alkanes) is 1. The summed E-state index contributed by atoms with van der Waals surface area (Å²) in [6.07, 6.45) is 10.6. The zero-order valence-corrected chi connectivity index (χ0v) is 20.5. The average molecular weight is 449 g/mol. The van der Waals surface area contributed by atoms with Crippen LogP contribution in [0.15, 0.2) is 24.5 Å². The lowest BCUT2D eigenvalue weighted by atomic mass is 9.71. The van der Waals surface area contributed by atoms with Crippen LogP contribution in [0.4, 0.5) is 0 Å². The monoisotopic (exact) mass is 448 g/mol. The Morgan fingerprint density at radius 1 is 1.09 bits per heavy atom. The SMILES string of the molecule is CCOC(=O)CCCCc1cnc(C#Cc2cc3c(cc2CC)OCCC3(CC)CC)cn1. The molecule has 0 unspecified atom stereocenters. The van der Waals surface area contributed by atoms with E-state index in [9.17, 15) is 4.79 Å². The van der Waals surface area contributed by atoms with Crippen molar-refractivity contribution < 1.29 is 14.3 Å². The molecular weight excluding hydrogens is 412 g/mol. The molecule has 176 valence electrons. The van der Waals surface area contributed by atoms with Crippen molar-refractivity contribution in [1.82, 2.24) is 9.97 Å². The summed E-state index contributed by atoms with van der Waals surface area (Å²) in [5.41, 5.74) is 5.31. The van der Waals surface area contributed by atoms with Gasteiger partial charge in [-0.15, -0.1) is 0 Å². The fourth-order valence-electron chi connectivity index (χ4n) is 4.53. The third-order valence-electron chi connectivity index (χ3n) is 6.75. The quantitative estimate of drug-likeness (QED) is 0.286. The van der Waals surface area contributed by atoms with E-state index in [0.29, 0.717) is 18.7 Å². The number of carbonyl (C=O) groups is 1. The number of hydrogen-bond acceptors (Lipinski definition) is 5. The fraction of sp³-hybridized carbons (Fsp3) is 0.536. The van der Waals surface area contributed by atoms with Crippen LogP contribution >= 0.6 is 0 Å². The van der Waals surface area contributed by atoms with Crippen molar-refractivity contribution >= 4 is 5.97 Å². The third kappa shape index (κ3) is 6.13. The van der Waals surface area contributed by atoms with Gasteiger partial charge in [-0.05, 0) is 75.5 Å². The molecule has 0 amide bonds. The van der Waals surface area contributed by atoms with Crippen molar-refractivity contribution in [2.75, 3.05) is 13.2 Å². The van der Waals surface area contributed by atoms with Crippen LogP contribution in [0.1, 0.15) is 94.3 Å². The predicted octanol–water partition coefficient (Wildman–Crippen LogP) is 5.56. The van der Waals surface area contributed by atoms with Crippen molar-refractivity contribution in [3.8, 4) is 17.6 Å². The molecule has 2 heterocycles. The molecule has 0 saturated carbocycles. The molecule has 0 aliphatic carbocycles.